The normalized spacial score (nSPS) is 13.1. The van der Waals surface area contributed by atoms with Gasteiger partial charge >= 0.3 is 0 Å². The van der Waals surface area contributed by atoms with Gasteiger partial charge in [-0.05, 0) is 28.5 Å². The molecule has 5 rings (SSSR count). The van der Waals surface area contributed by atoms with Gasteiger partial charge in [0.1, 0.15) is 12.9 Å². The molecule has 1 aliphatic heterocycles. The highest BCUT2D eigenvalue weighted by atomic mass is 32.2. The third-order valence-corrected chi connectivity index (χ3v) is 6.19. The summed E-state index contributed by atoms with van der Waals surface area (Å²) in [6.45, 7) is -0.369. The van der Waals surface area contributed by atoms with E-state index in [1.165, 1.54) is 22.7 Å². The van der Waals surface area contributed by atoms with Crippen molar-refractivity contribution in [2.75, 3.05) is 6.54 Å². The van der Waals surface area contributed by atoms with Gasteiger partial charge in [-0.1, -0.05) is 66.4 Å². The van der Waals surface area contributed by atoms with Crippen LogP contribution in [0.3, 0.4) is 0 Å². The zero-order chi connectivity index (χ0) is 21.4. The molecule has 31 heavy (non-hydrogen) atoms. The lowest BCUT2D eigenvalue weighted by Gasteiger charge is -2.13. The van der Waals surface area contributed by atoms with Gasteiger partial charge in [0.2, 0.25) is 0 Å². The van der Waals surface area contributed by atoms with E-state index in [0.717, 1.165) is 21.2 Å². The SMILES string of the molecule is O=C1c2ccccc2C(=O)N1CC(=O)n1cnnc1SCc1cccc2ccccc12. The molecule has 7 nitrogen and oxygen atoms in total. The molecule has 4 aromatic rings. The van der Waals surface area contributed by atoms with Crippen molar-refractivity contribution in [2.24, 2.45) is 0 Å². The summed E-state index contributed by atoms with van der Waals surface area (Å²) in [7, 11) is 0. The van der Waals surface area contributed by atoms with E-state index >= 15 is 0 Å². The van der Waals surface area contributed by atoms with Gasteiger partial charge in [0.15, 0.2) is 5.16 Å². The van der Waals surface area contributed by atoms with Crippen molar-refractivity contribution in [3.8, 4) is 0 Å². The standard InChI is InChI=1S/C23H16N4O3S/c28-20(12-26-21(29)18-10-3-4-11-19(18)22(26)30)27-14-24-25-23(27)31-13-16-8-5-7-15-6-1-2-9-17(15)16/h1-11,14H,12-13H2. The second-order valence-corrected chi connectivity index (χ2v) is 7.99. The summed E-state index contributed by atoms with van der Waals surface area (Å²) in [5.74, 6) is -0.778. The Morgan fingerprint density at radius 3 is 2.32 bits per heavy atom. The number of carbonyl (C=O) groups excluding carboxylic acids is 3. The van der Waals surface area contributed by atoms with Gasteiger partial charge in [-0.3, -0.25) is 19.3 Å². The number of carbonyl (C=O) groups is 3. The van der Waals surface area contributed by atoms with Crippen LogP contribution in [-0.2, 0) is 5.75 Å². The molecular weight excluding hydrogens is 412 g/mol. The van der Waals surface area contributed by atoms with E-state index in [-0.39, 0.29) is 6.54 Å². The average Bonchev–Trinajstić information content (AvgIpc) is 3.37. The number of aromatic nitrogens is 3. The molecule has 152 valence electrons. The summed E-state index contributed by atoms with van der Waals surface area (Å²) in [6, 6.07) is 20.7. The Kier molecular flexibility index (Phi) is 4.83. The van der Waals surface area contributed by atoms with Gasteiger partial charge in [-0.25, -0.2) is 4.57 Å². The predicted octanol–water partition coefficient (Wildman–Crippen LogP) is 3.66. The maximum Gasteiger partial charge on any atom is 0.262 e. The first-order chi connectivity index (χ1) is 15.1. The van der Waals surface area contributed by atoms with Crippen molar-refractivity contribution in [1.29, 1.82) is 0 Å². The fraction of sp³-hybridized carbons (Fsp3) is 0.0870. The zero-order valence-corrected chi connectivity index (χ0v) is 17.1. The van der Waals surface area contributed by atoms with E-state index in [1.807, 2.05) is 24.3 Å². The number of imide groups is 1. The molecule has 0 bridgehead atoms. The number of amides is 2. The molecule has 3 aromatic carbocycles. The quantitative estimate of drug-likeness (QED) is 0.356. The van der Waals surface area contributed by atoms with Crippen molar-refractivity contribution in [2.45, 2.75) is 10.9 Å². The van der Waals surface area contributed by atoms with Crippen LogP contribution >= 0.6 is 11.8 Å². The van der Waals surface area contributed by atoms with Crippen molar-refractivity contribution >= 4 is 40.3 Å². The number of hydrogen-bond donors (Lipinski definition) is 0. The van der Waals surface area contributed by atoms with Crippen LogP contribution in [0.15, 0.2) is 78.2 Å². The minimum Gasteiger partial charge on any atom is -0.272 e. The number of rotatable bonds is 5. The van der Waals surface area contributed by atoms with E-state index in [1.54, 1.807) is 24.3 Å². The molecule has 1 aliphatic rings. The minimum absolute atomic E-state index is 0.314. The summed E-state index contributed by atoms with van der Waals surface area (Å²) in [5, 5.41) is 10.6. The maximum atomic E-state index is 12.9. The van der Waals surface area contributed by atoms with E-state index in [4.69, 9.17) is 0 Å². The second-order valence-electron chi connectivity index (χ2n) is 7.05. The van der Waals surface area contributed by atoms with Crippen LogP contribution in [0.1, 0.15) is 31.1 Å². The topological polar surface area (TPSA) is 85.2 Å². The smallest absolute Gasteiger partial charge is 0.262 e. The maximum absolute atomic E-state index is 12.9. The molecule has 2 heterocycles. The highest BCUT2D eigenvalue weighted by molar-refractivity contribution is 7.98. The lowest BCUT2D eigenvalue weighted by Crippen LogP contribution is -2.37. The first kappa shape index (κ1) is 19.2. The lowest BCUT2D eigenvalue weighted by atomic mass is 10.1. The molecule has 0 radical (unpaired) electrons. The fourth-order valence-corrected chi connectivity index (χ4v) is 4.58. The molecule has 0 unspecified atom stereocenters. The van der Waals surface area contributed by atoms with Crippen LogP contribution in [0.2, 0.25) is 0 Å². The van der Waals surface area contributed by atoms with Crippen LogP contribution in [0.25, 0.3) is 10.8 Å². The Morgan fingerprint density at radius 1 is 0.871 bits per heavy atom. The van der Waals surface area contributed by atoms with Crippen LogP contribution in [-0.4, -0.2) is 43.9 Å². The Balaban J connectivity index is 1.33. The Hall–Kier alpha value is -3.78. The molecule has 1 aromatic heterocycles. The molecule has 0 aliphatic carbocycles. The highest BCUT2D eigenvalue weighted by Crippen LogP contribution is 2.27. The van der Waals surface area contributed by atoms with Crippen molar-refractivity contribution in [3.63, 3.8) is 0 Å². The van der Waals surface area contributed by atoms with Crippen LogP contribution in [0, 0.1) is 0 Å². The van der Waals surface area contributed by atoms with E-state index in [9.17, 15) is 14.4 Å². The zero-order valence-electron chi connectivity index (χ0n) is 16.3. The lowest BCUT2D eigenvalue weighted by molar-refractivity contribution is 0.0602. The first-order valence-corrected chi connectivity index (χ1v) is 10.6. The molecule has 0 spiro atoms. The molecule has 8 heteroatoms. The summed E-state index contributed by atoms with van der Waals surface area (Å²) in [4.78, 5) is 38.9. The summed E-state index contributed by atoms with van der Waals surface area (Å²) >= 11 is 1.38. The van der Waals surface area contributed by atoms with E-state index in [2.05, 4.69) is 28.4 Å². The van der Waals surface area contributed by atoms with Crippen LogP contribution < -0.4 is 0 Å². The summed E-state index contributed by atoms with van der Waals surface area (Å²) in [6.07, 6.45) is 1.31. The molecule has 0 saturated carbocycles. The molecular formula is C23H16N4O3S. The van der Waals surface area contributed by atoms with Crippen molar-refractivity contribution in [3.05, 3.63) is 89.7 Å². The molecule has 0 atom stereocenters. The van der Waals surface area contributed by atoms with Crippen molar-refractivity contribution in [1.82, 2.24) is 19.7 Å². The molecule has 0 saturated heterocycles. The number of hydrogen-bond acceptors (Lipinski definition) is 6. The van der Waals surface area contributed by atoms with Crippen LogP contribution in [0.5, 0.6) is 0 Å². The molecule has 0 fully saturated rings. The van der Waals surface area contributed by atoms with E-state index in [0.29, 0.717) is 22.0 Å². The number of benzene rings is 3. The Labute approximate surface area is 181 Å². The third-order valence-electron chi connectivity index (χ3n) is 5.19. The Bertz CT molecular complexity index is 1310. The number of thioether (sulfide) groups is 1. The highest BCUT2D eigenvalue weighted by Gasteiger charge is 2.36. The first-order valence-electron chi connectivity index (χ1n) is 9.61. The number of fused-ring (bicyclic) bond motifs is 2. The van der Waals surface area contributed by atoms with Crippen LogP contribution in [0.4, 0.5) is 0 Å². The second kappa shape index (κ2) is 7.81. The third kappa shape index (κ3) is 3.40. The van der Waals surface area contributed by atoms with Gasteiger partial charge in [0.05, 0.1) is 11.1 Å². The van der Waals surface area contributed by atoms with Gasteiger partial charge in [0, 0.05) is 5.75 Å². The van der Waals surface area contributed by atoms with Gasteiger partial charge in [-0.2, -0.15) is 0 Å². The van der Waals surface area contributed by atoms with Gasteiger partial charge in [0.25, 0.3) is 17.7 Å². The van der Waals surface area contributed by atoms with Crippen molar-refractivity contribution < 1.29 is 14.4 Å². The average molecular weight is 428 g/mol. The number of nitrogens with zero attached hydrogens (tertiary/aromatic N) is 4. The predicted molar refractivity (Wildman–Crippen MR) is 116 cm³/mol. The van der Waals surface area contributed by atoms with E-state index < -0.39 is 17.7 Å². The largest absolute Gasteiger partial charge is 0.272 e. The molecule has 0 N–H and O–H groups in total. The fourth-order valence-electron chi connectivity index (χ4n) is 3.65. The monoisotopic (exact) mass is 428 g/mol. The van der Waals surface area contributed by atoms with Gasteiger partial charge in [-0.15, -0.1) is 10.2 Å². The summed E-state index contributed by atoms with van der Waals surface area (Å²) < 4.78 is 1.29. The Morgan fingerprint density at radius 2 is 1.55 bits per heavy atom. The summed E-state index contributed by atoms with van der Waals surface area (Å²) in [5.41, 5.74) is 1.75. The minimum atomic E-state index is -0.466. The van der Waals surface area contributed by atoms with Gasteiger partial charge < -0.3 is 0 Å². The molecule has 2 amide bonds.